The SMILES string of the molecule is C/C=C/C(=O)NC1CCOc2ccc(F)cc2C1O. The minimum atomic E-state index is -0.984. The van der Waals surface area contributed by atoms with E-state index in [1.807, 2.05) is 0 Å². The lowest BCUT2D eigenvalue weighted by Gasteiger charge is -2.21. The van der Waals surface area contributed by atoms with Crippen molar-refractivity contribution < 1.29 is 19.0 Å². The highest BCUT2D eigenvalue weighted by atomic mass is 19.1. The van der Waals surface area contributed by atoms with E-state index in [1.165, 1.54) is 24.3 Å². The zero-order chi connectivity index (χ0) is 13.8. The van der Waals surface area contributed by atoms with Gasteiger partial charge in [-0.2, -0.15) is 0 Å². The van der Waals surface area contributed by atoms with Crippen LogP contribution < -0.4 is 10.1 Å². The average molecular weight is 265 g/mol. The van der Waals surface area contributed by atoms with E-state index in [0.29, 0.717) is 24.3 Å². The molecule has 0 saturated carbocycles. The van der Waals surface area contributed by atoms with Crippen LogP contribution in [0, 0.1) is 5.82 Å². The van der Waals surface area contributed by atoms with Gasteiger partial charge in [-0.1, -0.05) is 6.08 Å². The van der Waals surface area contributed by atoms with Crippen molar-refractivity contribution in [2.45, 2.75) is 25.5 Å². The van der Waals surface area contributed by atoms with Crippen molar-refractivity contribution in [1.29, 1.82) is 0 Å². The van der Waals surface area contributed by atoms with E-state index in [9.17, 15) is 14.3 Å². The molecule has 1 amide bonds. The number of nitrogens with one attached hydrogen (secondary N) is 1. The lowest BCUT2D eigenvalue weighted by atomic mass is 10.00. The summed E-state index contributed by atoms with van der Waals surface area (Å²) in [6.07, 6.45) is 2.47. The predicted molar refractivity (Wildman–Crippen MR) is 68.2 cm³/mol. The summed E-state index contributed by atoms with van der Waals surface area (Å²) in [6, 6.07) is 3.51. The summed E-state index contributed by atoms with van der Waals surface area (Å²) in [5.74, 6) is -0.273. The monoisotopic (exact) mass is 265 g/mol. The Morgan fingerprint density at radius 3 is 3.11 bits per heavy atom. The van der Waals surface area contributed by atoms with E-state index in [-0.39, 0.29) is 5.91 Å². The average Bonchev–Trinajstić information content (AvgIpc) is 2.51. The first-order chi connectivity index (χ1) is 9.11. The Bertz CT molecular complexity index is 501. The van der Waals surface area contributed by atoms with E-state index >= 15 is 0 Å². The molecule has 0 aliphatic carbocycles. The van der Waals surface area contributed by atoms with Crippen LogP contribution in [0.1, 0.15) is 25.0 Å². The van der Waals surface area contributed by atoms with E-state index < -0.39 is 18.0 Å². The maximum atomic E-state index is 13.2. The number of amides is 1. The number of allylic oxidation sites excluding steroid dienone is 1. The summed E-state index contributed by atoms with van der Waals surface area (Å²) in [5.41, 5.74) is 0.364. The number of fused-ring (bicyclic) bond motifs is 1. The second-order valence-electron chi connectivity index (χ2n) is 4.38. The van der Waals surface area contributed by atoms with E-state index in [4.69, 9.17) is 4.74 Å². The summed E-state index contributed by atoms with van der Waals surface area (Å²) in [7, 11) is 0. The number of aliphatic hydroxyl groups is 1. The minimum absolute atomic E-state index is 0.286. The van der Waals surface area contributed by atoms with E-state index in [0.717, 1.165) is 0 Å². The molecule has 102 valence electrons. The van der Waals surface area contributed by atoms with Crippen LogP contribution in [0.2, 0.25) is 0 Å². The Labute approximate surface area is 110 Å². The van der Waals surface area contributed by atoms with Crippen molar-refractivity contribution >= 4 is 5.91 Å². The van der Waals surface area contributed by atoms with Crippen molar-refractivity contribution in [2.75, 3.05) is 6.61 Å². The van der Waals surface area contributed by atoms with Gasteiger partial charge in [0.05, 0.1) is 12.6 Å². The second kappa shape index (κ2) is 5.84. The van der Waals surface area contributed by atoms with Crippen LogP contribution in [0.3, 0.4) is 0 Å². The normalized spacial score (nSPS) is 22.5. The summed E-state index contributed by atoms with van der Waals surface area (Å²) in [5, 5.41) is 12.9. The van der Waals surface area contributed by atoms with Gasteiger partial charge in [-0.3, -0.25) is 4.79 Å². The molecular weight excluding hydrogens is 249 g/mol. The molecule has 2 unspecified atom stereocenters. The number of halogens is 1. The number of rotatable bonds is 2. The first kappa shape index (κ1) is 13.5. The highest BCUT2D eigenvalue weighted by molar-refractivity contribution is 5.87. The largest absolute Gasteiger partial charge is 0.493 e. The highest BCUT2D eigenvalue weighted by Crippen LogP contribution is 2.32. The Morgan fingerprint density at radius 2 is 2.37 bits per heavy atom. The molecule has 2 rings (SSSR count). The molecule has 1 heterocycles. The molecule has 1 aromatic rings. The van der Waals surface area contributed by atoms with Crippen molar-refractivity contribution in [2.24, 2.45) is 0 Å². The molecule has 0 spiro atoms. The van der Waals surface area contributed by atoms with Crippen LogP contribution >= 0.6 is 0 Å². The number of carbonyl (C=O) groups excluding carboxylic acids is 1. The van der Waals surface area contributed by atoms with Crippen LogP contribution in [-0.2, 0) is 4.79 Å². The van der Waals surface area contributed by atoms with Crippen molar-refractivity contribution in [1.82, 2.24) is 5.32 Å². The van der Waals surface area contributed by atoms with Crippen molar-refractivity contribution in [3.05, 3.63) is 41.7 Å². The van der Waals surface area contributed by atoms with Crippen LogP contribution in [0.5, 0.6) is 5.75 Å². The molecule has 0 bridgehead atoms. The molecule has 2 N–H and O–H groups in total. The molecule has 1 aliphatic rings. The number of hydrogen-bond acceptors (Lipinski definition) is 3. The summed E-state index contributed by atoms with van der Waals surface area (Å²) in [4.78, 5) is 11.5. The fourth-order valence-corrected chi connectivity index (χ4v) is 2.09. The molecular formula is C14H16FNO3. The van der Waals surface area contributed by atoms with Gasteiger partial charge in [0, 0.05) is 12.0 Å². The lowest BCUT2D eigenvalue weighted by molar-refractivity contribution is -0.118. The van der Waals surface area contributed by atoms with Gasteiger partial charge in [0.1, 0.15) is 17.7 Å². The van der Waals surface area contributed by atoms with Gasteiger partial charge >= 0.3 is 0 Å². The zero-order valence-corrected chi connectivity index (χ0v) is 10.6. The smallest absolute Gasteiger partial charge is 0.243 e. The first-order valence-corrected chi connectivity index (χ1v) is 6.15. The zero-order valence-electron chi connectivity index (χ0n) is 10.6. The molecule has 0 saturated heterocycles. The van der Waals surface area contributed by atoms with Gasteiger partial charge < -0.3 is 15.2 Å². The number of hydrogen-bond donors (Lipinski definition) is 2. The number of benzene rings is 1. The van der Waals surface area contributed by atoms with Crippen LogP contribution in [0.4, 0.5) is 4.39 Å². The lowest BCUT2D eigenvalue weighted by Crippen LogP contribution is -2.38. The third kappa shape index (κ3) is 3.12. The van der Waals surface area contributed by atoms with Gasteiger partial charge in [0.15, 0.2) is 0 Å². The third-order valence-corrected chi connectivity index (χ3v) is 3.00. The van der Waals surface area contributed by atoms with Crippen LogP contribution in [0.15, 0.2) is 30.4 Å². The standard InChI is InChI=1S/C14H16FNO3/c1-2-3-13(17)16-11-6-7-19-12-5-4-9(15)8-10(12)14(11)18/h2-5,8,11,14,18H,6-7H2,1H3,(H,16,17)/b3-2+. The highest BCUT2D eigenvalue weighted by Gasteiger charge is 2.28. The van der Waals surface area contributed by atoms with Gasteiger partial charge in [0.2, 0.25) is 5.91 Å². The fourth-order valence-electron chi connectivity index (χ4n) is 2.09. The van der Waals surface area contributed by atoms with Gasteiger partial charge in [-0.05, 0) is 31.2 Å². The molecule has 0 fully saturated rings. The molecule has 1 aromatic carbocycles. The van der Waals surface area contributed by atoms with Crippen molar-refractivity contribution in [3.63, 3.8) is 0 Å². The Morgan fingerprint density at radius 1 is 1.58 bits per heavy atom. The molecule has 4 nitrogen and oxygen atoms in total. The second-order valence-corrected chi connectivity index (χ2v) is 4.38. The first-order valence-electron chi connectivity index (χ1n) is 6.15. The van der Waals surface area contributed by atoms with Crippen LogP contribution in [-0.4, -0.2) is 23.7 Å². The van der Waals surface area contributed by atoms with E-state index in [2.05, 4.69) is 5.32 Å². The quantitative estimate of drug-likeness (QED) is 0.800. The molecule has 0 aromatic heterocycles. The number of carbonyl (C=O) groups is 1. The summed E-state index contributed by atoms with van der Waals surface area (Å²) >= 11 is 0. The Balaban J connectivity index is 2.22. The molecule has 2 atom stereocenters. The molecule has 19 heavy (non-hydrogen) atoms. The number of ether oxygens (including phenoxy) is 1. The molecule has 1 aliphatic heterocycles. The Kier molecular flexibility index (Phi) is 4.16. The topological polar surface area (TPSA) is 58.6 Å². The molecule has 0 radical (unpaired) electrons. The summed E-state index contributed by atoms with van der Waals surface area (Å²) < 4.78 is 18.7. The minimum Gasteiger partial charge on any atom is -0.493 e. The van der Waals surface area contributed by atoms with Crippen LogP contribution in [0.25, 0.3) is 0 Å². The fraction of sp³-hybridized carbons (Fsp3) is 0.357. The Hall–Kier alpha value is -1.88. The number of aliphatic hydroxyl groups excluding tert-OH is 1. The third-order valence-electron chi connectivity index (χ3n) is 3.00. The predicted octanol–water partition coefficient (Wildman–Crippen LogP) is 1.70. The van der Waals surface area contributed by atoms with Gasteiger partial charge in [0.25, 0.3) is 0 Å². The summed E-state index contributed by atoms with van der Waals surface area (Å²) in [6.45, 7) is 2.09. The molecule has 5 heteroatoms. The maximum Gasteiger partial charge on any atom is 0.243 e. The van der Waals surface area contributed by atoms with E-state index in [1.54, 1.807) is 13.0 Å². The van der Waals surface area contributed by atoms with Gasteiger partial charge in [-0.25, -0.2) is 4.39 Å². The maximum absolute atomic E-state index is 13.2. The van der Waals surface area contributed by atoms with Crippen molar-refractivity contribution in [3.8, 4) is 5.75 Å². The van der Waals surface area contributed by atoms with Gasteiger partial charge in [-0.15, -0.1) is 0 Å².